The Morgan fingerprint density at radius 1 is 1.31 bits per heavy atom. The maximum Gasteiger partial charge on any atom is 0.168 e. The molecule has 0 saturated carbocycles. The van der Waals surface area contributed by atoms with Crippen LogP contribution in [-0.2, 0) is 11.2 Å². The van der Waals surface area contributed by atoms with E-state index in [1.807, 2.05) is 18.2 Å². The maximum atomic E-state index is 10.6. The van der Waals surface area contributed by atoms with E-state index in [1.54, 1.807) is 13.2 Å². The minimum Gasteiger partial charge on any atom is -0.384 e. The number of hydrogen-bond donors (Lipinski definition) is 0. The van der Waals surface area contributed by atoms with Crippen molar-refractivity contribution < 1.29 is 9.53 Å². The lowest BCUT2D eigenvalue weighted by Crippen LogP contribution is -1.95. The molecule has 0 unspecified atom stereocenters. The third-order valence-corrected chi connectivity index (χ3v) is 2.49. The van der Waals surface area contributed by atoms with Crippen molar-refractivity contribution in [3.8, 4) is 0 Å². The fourth-order valence-electron chi connectivity index (χ4n) is 1.63. The zero-order valence-corrected chi connectivity index (χ0v) is 9.14. The van der Waals surface area contributed by atoms with Gasteiger partial charge in [0.2, 0.25) is 0 Å². The Morgan fingerprint density at radius 2 is 2.19 bits per heavy atom. The zero-order chi connectivity index (χ0) is 11.4. The topological polar surface area (TPSA) is 39.2 Å². The van der Waals surface area contributed by atoms with Crippen LogP contribution in [0.2, 0.25) is 0 Å². The van der Waals surface area contributed by atoms with E-state index >= 15 is 0 Å². The number of methoxy groups -OCH3 is 1. The molecule has 82 valence electrons. The summed E-state index contributed by atoms with van der Waals surface area (Å²) >= 11 is 0. The summed E-state index contributed by atoms with van der Waals surface area (Å²) in [6.45, 7) is 0.714. The molecule has 2 aromatic rings. The average Bonchev–Trinajstić information content (AvgIpc) is 2.35. The van der Waals surface area contributed by atoms with Gasteiger partial charge in [-0.2, -0.15) is 0 Å². The Morgan fingerprint density at radius 3 is 2.94 bits per heavy atom. The highest BCUT2D eigenvalue weighted by Crippen LogP contribution is 2.14. The number of rotatable bonds is 4. The molecule has 2 rings (SSSR count). The zero-order valence-electron chi connectivity index (χ0n) is 9.14. The molecule has 0 bridgehead atoms. The molecule has 1 heterocycles. The van der Waals surface area contributed by atoms with Crippen molar-refractivity contribution in [3.63, 3.8) is 0 Å². The first-order chi connectivity index (χ1) is 7.83. The Balaban J connectivity index is 2.35. The van der Waals surface area contributed by atoms with Crippen molar-refractivity contribution >= 4 is 17.2 Å². The molecule has 0 atom stereocenters. The Kier molecular flexibility index (Phi) is 3.27. The van der Waals surface area contributed by atoms with E-state index in [0.29, 0.717) is 12.3 Å². The molecule has 0 N–H and O–H groups in total. The van der Waals surface area contributed by atoms with Crippen LogP contribution in [0.15, 0.2) is 30.3 Å². The maximum absolute atomic E-state index is 10.6. The van der Waals surface area contributed by atoms with Crippen molar-refractivity contribution in [1.82, 2.24) is 4.98 Å². The van der Waals surface area contributed by atoms with Gasteiger partial charge in [-0.3, -0.25) is 4.79 Å². The molecular formula is C13H13NO2. The van der Waals surface area contributed by atoms with Crippen LogP contribution in [0.1, 0.15) is 16.1 Å². The molecule has 0 amide bonds. The molecule has 3 nitrogen and oxygen atoms in total. The van der Waals surface area contributed by atoms with Gasteiger partial charge < -0.3 is 4.74 Å². The lowest BCUT2D eigenvalue weighted by molar-refractivity contribution is 0.111. The van der Waals surface area contributed by atoms with Gasteiger partial charge in [0.1, 0.15) is 5.69 Å². The van der Waals surface area contributed by atoms with Crippen molar-refractivity contribution in [2.75, 3.05) is 13.7 Å². The molecule has 0 aliphatic heterocycles. The van der Waals surface area contributed by atoms with E-state index in [1.165, 1.54) is 5.56 Å². The van der Waals surface area contributed by atoms with E-state index in [4.69, 9.17) is 4.74 Å². The highest BCUT2D eigenvalue weighted by Gasteiger charge is 1.99. The standard InChI is InChI=1S/C13H13NO2/c1-16-7-6-10-2-5-13-11(8-10)3-4-12(9-15)14-13/h2-5,8-9H,6-7H2,1H3. The molecule has 1 aromatic carbocycles. The third kappa shape index (κ3) is 2.25. The van der Waals surface area contributed by atoms with E-state index in [2.05, 4.69) is 11.1 Å². The molecule has 0 spiro atoms. The number of benzene rings is 1. The number of aldehydes is 1. The second-order valence-corrected chi connectivity index (χ2v) is 3.62. The number of carbonyl (C=O) groups excluding carboxylic acids is 1. The summed E-state index contributed by atoms with van der Waals surface area (Å²) in [4.78, 5) is 14.8. The van der Waals surface area contributed by atoms with Gasteiger partial charge in [-0.25, -0.2) is 4.98 Å². The van der Waals surface area contributed by atoms with Crippen LogP contribution in [0.3, 0.4) is 0 Å². The lowest BCUT2D eigenvalue weighted by Gasteiger charge is -2.03. The van der Waals surface area contributed by atoms with E-state index in [-0.39, 0.29) is 0 Å². The van der Waals surface area contributed by atoms with Crippen LogP contribution in [0, 0.1) is 0 Å². The molecule has 0 aliphatic carbocycles. The fraction of sp³-hybridized carbons (Fsp3) is 0.231. The van der Waals surface area contributed by atoms with Crippen molar-refractivity contribution in [2.24, 2.45) is 0 Å². The summed E-state index contributed by atoms with van der Waals surface area (Å²) in [5.41, 5.74) is 2.54. The normalized spacial score (nSPS) is 10.6. The number of pyridine rings is 1. The second kappa shape index (κ2) is 4.86. The smallest absolute Gasteiger partial charge is 0.168 e. The predicted molar refractivity (Wildman–Crippen MR) is 62.7 cm³/mol. The number of ether oxygens (including phenoxy) is 1. The number of hydrogen-bond acceptors (Lipinski definition) is 3. The van der Waals surface area contributed by atoms with Crippen LogP contribution < -0.4 is 0 Å². The first-order valence-electron chi connectivity index (χ1n) is 5.17. The minimum absolute atomic E-state index is 0.470. The van der Waals surface area contributed by atoms with Gasteiger partial charge >= 0.3 is 0 Å². The highest BCUT2D eigenvalue weighted by molar-refractivity contribution is 5.83. The van der Waals surface area contributed by atoms with Gasteiger partial charge in [0.15, 0.2) is 6.29 Å². The first kappa shape index (κ1) is 10.8. The number of carbonyl (C=O) groups is 1. The second-order valence-electron chi connectivity index (χ2n) is 3.62. The van der Waals surface area contributed by atoms with Gasteiger partial charge in [0, 0.05) is 12.5 Å². The fourth-order valence-corrected chi connectivity index (χ4v) is 1.63. The molecular weight excluding hydrogens is 202 g/mol. The van der Waals surface area contributed by atoms with Crippen LogP contribution in [0.25, 0.3) is 10.9 Å². The van der Waals surface area contributed by atoms with Crippen molar-refractivity contribution in [3.05, 3.63) is 41.6 Å². The van der Waals surface area contributed by atoms with Crippen LogP contribution in [0.4, 0.5) is 0 Å². The van der Waals surface area contributed by atoms with Gasteiger partial charge in [0.25, 0.3) is 0 Å². The molecule has 0 aliphatic rings. The molecule has 0 saturated heterocycles. The predicted octanol–water partition coefficient (Wildman–Crippen LogP) is 2.24. The third-order valence-electron chi connectivity index (χ3n) is 2.49. The Bertz CT molecular complexity index is 508. The lowest BCUT2D eigenvalue weighted by atomic mass is 10.1. The SMILES string of the molecule is COCCc1ccc2nc(C=O)ccc2c1. The number of aromatic nitrogens is 1. The van der Waals surface area contributed by atoms with Crippen LogP contribution >= 0.6 is 0 Å². The molecule has 16 heavy (non-hydrogen) atoms. The Hall–Kier alpha value is -1.74. The van der Waals surface area contributed by atoms with Gasteiger partial charge in [-0.1, -0.05) is 12.1 Å². The van der Waals surface area contributed by atoms with Gasteiger partial charge in [0.05, 0.1) is 12.1 Å². The van der Waals surface area contributed by atoms with Crippen molar-refractivity contribution in [2.45, 2.75) is 6.42 Å². The van der Waals surface area contributed by atoms with Crippen LogP contribution in [-0.4, -0.2) is 25.0 Å². The summed E-state index contributed by atoms with van der Waals surface area (Å²) in [7, 11) is 1.69. The summed E-state index contributed by atoms with van der Waals surface area (Å²) in [5.74, 6) is 0. The van der Waals surface area contributed by atoms with E-state index in [9.17, 15) is 4.79 Å². The van der Waals surface area contributed by atoms with Gasteiger partial charge in [-0.05, 0) is 30.2 Å². The summed E-state index contributed by atoms with van der Waals surface area (Å²) < 4.78 is 5.03. The number of fused-ring (bicyclic) bond motifs is 1. The monoisotopic (exact) mass is 215 g/mol. The number of nitrogens with zero attached hydrogens (tertiary/aromatic N) is 1. The molecule has 0 fully saturated rings. The quantitative estimate of drug-likeness (QED) is 0.734. The van der Waals surface area contributed by atoms with Gasteiger partial charge in [-0.15, -0.1) is 0 Å². The van der Waals surface area contributed by atoms with E-state index in [0.717, 1.165) is 23.6 Å². The summed E-state index contributed by atoms with van der Waals surface area (Å²) in [6, 6.07) is 9.68. The highest BCUT2D eigenvalue weighted by atomic mass is 16.5. The minimum atomic E-state index is 0.470. The summed E-state index contributed by atoms with van der Waals surface area (Å²) in [6.07, 6.45) is 1.65. The largest absolute Gasteiger partial charge is 0.384 e. The average molecular weight is 215 g/mol. The van der Waals surface area contributed by atoms with E-state index < -0.39 is 0 Å². The molecule has 3 heteroatoms. The van der Waals surface area contributed by atoms with Crippen molar-refractivity contribution in [1.29, 1.82) is 0 Å². The Labute approximate surface area is 94.1 Å². The first-order valence-corrected chi connectivity index (χ1v) is 5.17. The van der Waals surface area contributed by atoms with Crippen LogP contribution in [0.5, 0.6) is 0 Å². The summed E-state index contributed by atoms with van der Waals surface area (Å²) in [5, 5.41) is 1.05. The molecule has 1 aromatic heterocycles. The molecule has 0 radical (unpaired) electrons.